The molecular weight excluding hydrogens is 417 g/mol. The largest absolute Gasteiger partial charge is 0.340 e. The number of halogens is 2. The predicted octanol–water partition coefficient (Wildman–Crippen LogP) is 4.28. The molecule has 1 saturated heterocycles. The van der Waals surface area contributed by atoms with Crippen molar-refractivity contribution in [2.75, 3.05) is 26.2 Å². The summed E-state index contributed by atoms with van der Waals surface area (Å²) in [6.07, 6.45) is 3.98. The minimum absolute atomic E-state index is 0. The van der Waals surface area contributed by atoms with Gasteiger partial charge >= 0.3 is 0 Å². The Morgan fingerprint density at radius 2 is 1.40 bits per heavy atom. The topological polar surface area (TPSA) is 49.6 Å². The van der Waals surface area contributed by atoms with Crippen LogP contribution >= 0.6 is 24.8 Å². The van der Waals surface area contributed by atoms with Crippen LogP contribution in [0.1, 0.15) is 42.9 Å². The number of hydrogen-bond donors (Lipinski definition) is 1. The van der Waals surface area contributed by atoms with E-state index in [0.717, 1.165) is 39.0 Å². The van der Waals surface area contributed by atoms with Gasteiger partial charge in [0.05, 0.1) is 6.04 Å². The number of nitrogens with zero attached hydrogens (tertiary/aromatic N) is 2. The Morgan fingerprint density at radius 3 is 1.87 bits per heavy atom. The third-order valence-corrected chi connectivity index (χ3v) is 6.42. The molecule has 0 aromatic heterocycles. The quantitative estimate of drug-likeness (QED) is 0.740. The zero-order valence-electron chi connectivity index (χ0n) is 17.4. The summed E-state index contributed by atoms with van der Waals surface area (Å²) < 4.78 is 0. The highest BCUT2D eigenvalue weighted by Crippen LogP contribution is 2.30. The predicted molar refractivity (Wildman–Crippen MR) is 127 cm³/mol. The van der Waals surface area contributed by atoms with Crippen LogP contribution in [0.15, 0.2) is 60.7 Å². The van der Waals surface area contributed by atoms with Crippen LogP contribution in [0.4, 0.5) is 0 Å². The third-order valence-electron chi connectivity index (χ3n) is 6.42. The highest BCUT2D eigenvalue weighted by atomic mass is 35.5. The van der Waals surface area contributed by atoms with Gasteiger partial charge in [-0.2, -0.15) is 0 Å². The standard InChI is InChI=1S/C24H31N3O.2ClH/c25-22-13-7-12-21(22)18-23(28)26-14-16-27(17-15-26)24(19-8-3-1-4-9-19)20-10-5-2-6-11-20;;/h1-6,8-11,21-22,24H,7,12-18,25H2;2*1H/t21-,22+;;/m0../s1. The monoisotopic (exact) mass is 449 g/mol. The Labute approximate surface area is 192 Å². The molecule has 1 amide bonds. The van der Waals surface area contributed by atoms with Gasteiger partial charge in [0.25, 0.3) is 0 Å². The lowest BCUT2D eigenvalue weighted by atomic mass is 9.96. The molecule has 6 heteroatoms. The van der Waals surface area contributed by atoms with Gasteiger partial charge < -0.3 is 10.6 Å². The van der Waals surface area contributed by atoms with Gasteiger partial charge in [-0.3, -0.25) is 9.69 Å². The van der Waals surface area contributed by atoms with Gasteiger partial charge in [-0.15, -0.1) is 24.8 Å². The second-order valence-corrected chi connectivity index (χ2v) is 8.20. The molecule has 1 saturated carbocycles. The lowest BCUT2D eigenvalue weighted by Crippen LogP contribution is -2.50. The van der Waals surface area contributed by atoms with Crippen LogP contribution in [0.25, 0.3) is 0 Å². The van der Waals surface area contributed by atoms with Crippen LogP contribution in [0.2, 0.25) is 0 Å². The first-order valence-electron chi connectivity index (χ1n) is 10.6. The van der Waals surface area contributed by atoms with Crippen LogP contribution in [0.5, 0.6) is 0 Å². The van der Waals surface area contributed by atoms with Crippen molar-refractivity contribution in [3.05, 3.63) is 71.8 Å². The van der Waals surface area contributed by atoms with Gasteiger partial charge in [0, 0.05) is 38.6 Å². The van der Waals surface area contributed by atoms with E-state index < -0.39 is 0 Å². The SMILES string of the molecule is Cl.Cl.N[C@@H]1CCC[C@H]1CC(=O)N1CCN(C(c2ccccc2)c2ccccc2)CC1. The van der Waals surface area contributed by atoms with Crippen molar-refractivity contribution < 1.29 is 4.79 Å². The molecule has 2 aromatic rings. The Bertz CT molecular complexity index is 727. The maximum Gasteiger partial charge on any atom is 0.222 e. The molecule has 4 nitrogen and oxygen atoms in total. The normalized spacial score (nSPS) is 21.7. The van der Waals surface area contributed by atoms with E-state index in [1.807, 2.05) is 0 Å². The van der Waals surface area contributed by atoms with E-state index in [2.05, 4.69) is 70.5 Å². The van der Waals surface area contributed by atoms with E-state index in [-0.39, 0.29) is 42.8 Å². The Morgan fingerprint density at radius 1 is 0.867 bits per heavy atom. The zero-order chi connectivity index (χ0) is 19.3. The molecule has 2 fully saturated rings. The summed E-state index contributed by atoms with van der Waals surface area (Å²) in [6.45, 7) is 3.40. The number of benzene rings is 2. The number of nitrogens with two attached hydrogens (primary N) is 1. The van der Waals surface area contributed by atoms with Crippen molar-refractivity contribution in [2.45, 2.75) is 37.8 Å². The summed E-state index contributed by atoms with van der Waals surface area (Å²) in [5.41, 5.74) is 8.79. The molecule has 0 radical (unpaired) electrons. The number of amides is 1. The van der Waals surface area contributed by atoms with Crippen molar-refractivity contribution in [3.8, 4) is 0 Å². The Kier molecular flexibility index (Phi) is 9.63. The van der Waals surface area contributed by atoms with Crippen molar-refractivity contribution in [1.82, 2.24) is 9.80 Å². The summed E-state index contributed by atoms with van der Waals surface area (Å²) in [5.74, 6) is 0.671. The van der Waals surface area contributed by atoms with E-state index in [0.29, 0.717) is 12.3 Å². The van der Waals surface area contributed by atoms with Crippen LogP contribution < -0.4 is 5.73 Å². The van der Waals surface area contributed by atoms with Crippen LogP contribution in [-0.4, -0.2) is 47.9 Å². The van der Waals surface area contributed by atoms with Crippen molar-refractivity contribution in [1.29, 1.82) is 0 Å². The first-order valence-corrected chi connectivity index (χ1v) is 10.6. The van der Waals surface area contributed by atoms with Crippen LogP contribution in [0, 0.1) is 5.92 Å². The Hall–Kier alpha value is -1.59. The number of rotatable bonds is 5. The lowest BCUT2D eigenvalue weighted by Gasteiger charge is -2.40. The summed E-state index contributed by atoms with van der Waals surface area (Å²) in [7, 11) is 0. The maximum absolute atomic E-state index is 12.8. The molecule has 164 valence electrons. The van der Waals surface area contributed by atoms with Crippen molar-refractivity contribution in [3.63, 3.8) is 0 Å². The van der Waals surface area contributed by atoms with Crippen LogP contribution in [-0.2, 0) is 4.79 Å². The average molecular weight is 450 g/mol. The molecule has 2 atom stereocenters. The molecule has 1 heterocycles. The molecule has 30 heavy (non-hydrogen) atoms. The number of piperazine rings is 1. The fourth-order valence-electron chi connectivity index (χ4n) is 4.79. The Balaban J connectivity index is 0.00000160. The minimum Gasteiger partial charge on any atom is -0.340 e. The van der Waals surface area contributed by atoms with Gasteiger partial charge in [0.15, 0.2) is 0 Å². The number of hydrogen-bond acceptors (Lipinski definition) is 3. The van der Waals surface area contributed by atoms with E-state index >= 15 is 0 Å². The van der Waals surface area contributed by atoms with Gasteiger partial charge in [-0.1, -0.05) is 67.1 Å². The number of carbonyl (C=O) groups excluding carboxylic acids is 1. The molecule has 0 bridgehead atoms. The summed E-state index contributed by atoms with van der Waals surface area (Å²) in [4.78, 5) is 17.3. The van der Waals surface area contributed by atoms with Gasteiger partial charge in [-0.05, 0) is 29.9 Å². The van der Waals surface area contributed by atoms with Gasteiger partial charge in [-0.25, -0.2) is 0 Å². The van der Waals surface area contributed by atoms with Gasteiger partial charge in [0.1, 0.15) is 0 Å². The summed E-state index contributed by atoms with van der Waals surface area (Å²) in [6, 6.07) is 21.8. The first-order chi connectivity index (χ1) is 13.7. The molecule has 0 spiro atoms. The molecule has 2 aliphatic rings. The lowest BCUT2D eigenvalue weighted by molar-refractivity contribution is -0.134. The van der Waals surface area contributed by atoms with E-state index in [4.69, 9.17) is 5.73 Å². The molecule has 2 aromatic carbocycles. The number of carbonyl (C=O) groups is 1. The van der Waals surface area contributed by atoms with E-state index in [9.17, 15) is 4.79 Å². The highest BCUT2D eigenvalue weighted by Gasteiger charge is 2.31. The first kappa shape index (κ1) is 24.7. The summed E-state index contributed by atoms with van der Waals surface area (Å²) >= 11 is 0. The third kappa shape index (κ3) is 5.76. The van der Waals surface area contributed by atoms with E-state index in [1.165, 1.54) is 17.5 Å². The van der Waals surface area contributed by atoms with E-state index in [1.54, 1.807) is 0 Å². The molecule has 4 rings (SSSR count). The maximum atomic E-state index is 12.8. The highest BCUT2D eigenvalue weighted by molar-refractivity contribution is 5.85. The second-order valence-electron chi connectivity index (χ2n) is 8.20. The molecule has 1 aliphatic heterocycles. The summed E-state index contributed by atoms with van der Waals surface area (Å²) in [5, 5.41) is 0. The molecule has 2 N–H and O–H groups in total. The fourth-order valence-corrected chi connectivity index (χ4v) is 4.79. The van der Waals surface area contributed by atoms with Crippen molar-refractivity contribution >= 4 is 30.7 Å². The van der Waals surface area contributed by atoms with Crippen molar-refractivity contribution in [2.24, 2.45) is 11.7 Å². The average Bonchev–Trinajstić information content (AvgIpc) is 3.15. The second kappa shape index (κ2) is 11.7. The molecule has 1 aliphatic carbocycles. The molecular formula is C24H33Cl2N3O. The van der Waals surface area contributed by atoms with Crippen LogP contribution in [0.3, 0.4) is 0 Å². The van der Waals surface area contributed by atoms with Gasteiger partial charge in [0.2, 0.25) is 5.91 Å². The molecule has 0 unspecified atom stereocenters. The smallest absolute Gasteiger partial charge is 0.222 e. The minimum atomic E-state index is 0. The zero-order valence-corrected chi connectivity index (χ0v) is 19.0. The fraction of sp³-hybridized carbons (Fsp3) is 0.458.